The van der Waals surface area contributed by atoms with Crippen molar-refractivity contribution in [1.82, 2.24) is 4.72 Å². The topological polar surface area (TPSA) is 72.2 Å². The summed E-state index contributed by atoms with van der Waals surface area (Å²) in [4.78, 5) is 0. The van der Waals surface area contributed by atoms with Gasteiger partial charge in [0.05, 0.1) is 5.75 Å². The molecule has 0 spiro atoms. The molecule has 1 saturated carbocycles. The van der Waals surface area contributed by atoms with Gasteiger partial charge in [0.2, 0.25) is 10.0 Å². The number of nitrogens with one attached hydrogen (secondary N) is 1. The van der Waals surface area contributed by atoms with E-state index in [-0.39, 0.29) is 23.7 Å². The van der Waals surface area contributed by atoms with Crippen molar-refractivity contribution >= 4 is 10.0 Å². The zero-order valence-electron chi connectivity index (χ0n) is 10.7. The van der Waals surface area contributed by atoms with E-state index in [4.69, 9.17) is 5.73 Å². The molecule has 1 aliphatic rings. The van der Waals surface area contributed by atoms with Crippen LogP contribution in [0.4, 0.5) is 4.39 Å². The molecule has 0 aromatic heterocycles. The van der Waals surface area contributed by atoms with Crippen LogP contribution in [0.2, 0.25) is 0 Å². The second-order valence-electron chi connectivity index (χ2n) is 5.12. The summed E-state index contributed by atoms with van der Waals surface area (Å²) in [6, 6.07) is 5.69. The largest absolute Gasteiger partial charge is 0.328 e. The van der Waals surface area contributed by atoms with Crippen LogP contribution in [0.3, 0.4) is 0 Å². The number of benzene rings is 1. The molecule has 1 fully saturated rings. The van der Waals surface area contributed by atoms with E-state index >= 15 is 0 Å². The summed E-state index contributed by atoms with van der Waals surface area (Å²) < 4.78 is 39.5. The van der Waals surface area contributed by atoms with E-state index in [0.29, 0.717) is 5.56 Å². The summed E-state index contributed by atoms with van der Waals surface area (Å²) in [7, 11) is -3.38. The van der Waals surface area contributed by atoms with Crippen LogP contribution in [-0.4, -0.2) is 20.5 Å². The van der Waals surface area contributed by atoms with E-state index in [1.165, 1.54) is 24.3 Å². The molecule has 6 heteroatoms. The van der Waals surface area contributed by atoms with Gasteiger partial charge >= 0.3 is 0 Å². The standard InChI is InChI=1S/C13H19FN2O2S/c14-11-3-1-10(2-4-11)9-19(17,18)16-13-7-5-12(15)6-8-13/h1-4,12-13,16H,5-9,15H2. The maximum atomic E-state index is 12.8. The minimum absolute atomic E-state index is 0.0229. The van der Waals surface area contributed by atoms with Gasteiger partial charge in [0.25, 0.3) is 0 Å². The molecule has 0 heterocycles. The first-order valence-electron chi connectivity index (χ1n) is 6.45. The van der Waals surface area contributed by atoms with Gasteiger partial charge in [0.1, 0.15) is 5.82 Å². The Hall–Kier alpha value is -0.980. The Kier molecular flexibility index (Phi) is 4.54. The Balaban J connectivity index is 1.93. The third-order valence-electron chi connectivity index (χ3n) is 3.39. The van der Waals surface area contributed by atoms with Gasteiger partial charge in [-0.15, -0.1) is 0 Å². The van der Waals surface area contributed by atoms with E-state index in [1.54, 1.807) is 0 Å². The Bertz CT molecular complexity index is 508. The molecule has 0 radical (unpaired) electrons. The van der Waals surface area contributed by atoms with E-state index in [9.17, 15) is 12.8 Å². The molecular weight excluding hydrogens is 267 g/mol. The minimum atomic E-state index is -3.38. The number of hydrogen-bond acceptors (Lipinski definition) is 3. The lowest BCUT2D eigenvalue weighted by Gasteiger charge is -2.26. The normalized spacial score (nSPS) is 24.3. The summed E-state index contributed by atoms with van der Waals surface area (Å²) in [6.45, 7) is 0. The van der Waals surface area contributed by atoms with Crippen molar-refractivity contribution in [2.45, 2.75) is 43.5 Å². The highest BCUT2D eigenvalue weighted by Crippen LogP contribution is 2.18. The van der Waals surface area contributed by atoms with Crippen molar-refractivity contribution in [2.75, 3.05) is 0 Å². The molecule has 1 aliphatic carbocycles. The predicted molar refractivity (Wildman–Crippen MR) is 72.4 cm³/mol. The lowest BCUT2D eigenvalue weighted by atomic mass is 9.93. The average Bonchev–Trinajstić information content (AvgIpc) is 2.34. The van der Waals surface area contributed by atoms with Crippen LogP contribution in [0.15, 0.2) is 24.3 Å². The van der Waals surface area contributed by atoms with Crippen LogP contribution >= 0.6 is 0 Å². The first-order valence-corrected chi connectivity index (χ1v) is 8.10. The van der Waals surface area contributed by atoms with Gasteiger partial charge in [-0.1, -0.05) is 12.1 Å². The zero-order chi connectivity index (χ0) is 13.9. The van der Waals surface area contributed by atoms with E-state index < -0.39 is 10.0 Å². The Morgan fingerprint density at radius 2 is 1.74 bits per heavy atom. The van der Waals surface area contributed by atoms with E-state index in [2.05, 4.69) is 4.72 Å². The second-order valence-corrected chi connectivity index (χ2v) is 6.87. The lowest BCUT2D eigenvalue weighted by molar-refractivity contribution is 0.373. The molecule has 0 amide bonds. The highest BCUT2D eigenvalue weighted by atomic mass is 32.2. The fourth-order valence-electron chi connectivity index (χ4n) is 2.33. The van der Waals surface area contributed by atoms with Gasteiger partial charge in [0, 0.05) is 12.1 Å². The predicted octanol–water partition coefficient (Wildman–Crippen LogP) is 1.51. The molecule has 0 unspecified atom stereocenters. The van der Waals surface area contributed by atoms with E-state index in [1.807, 2.05) is 0 Å². The molecule has 0 bridgehead atoms. The third kappa shape index (κ3) is 4.56. The monoisotopic (exact) mass is 286 g/mol. The van der Waals surface area contributed by atoms with Crippen LogP contribution < -0.4 is 10.5 Å². The number of sulfonamides is 1. The molecule has 4 nitrogen and oxygen atoms in total. The maximum Gasteiger partial charge on any atom is 0.216 e. The van der Waals surface area contributed by atoms with Crippen molar-refractivity contribution in [3.05, 3.63) is 35.6 Å². The summed E-state index contributed by atoms with van der Waals surface area (Å²) >= 11 is 0. The summed E-state index contributed by atoms with van der Waals surface area (Å²) in [6.07, 6.45) is 3.26. The molecule has 106 valence electrons. The molecule has 19 heavy (non-hydrogen) atoms. The molecular formula is C13H19FN2O2S. The number of halogens is 1. The Morgan fingerprint density at radius 1 is 1.16 bits per heavy atom. The fourth-order valence-corrected chi connectivity index (χ4v) is 3.79. The quantitative estimate of drug-likeness (QED) is 0.881. The molecule has 2 rings (SSSR count). The highest BCUT2D eigenvalue weighted by Gasteiger charge is 2.23. The van der Waals surface area contributed by atoms with Crippen LogP contribution in [0, 0.1) is 5.82 Å². The molecule has 0 saturated heterocycles. The summed E-state index contributed by atoms with van der Waals surface area (Å²) in [5.41, 5.74) is 6.37. The van der Waals surface area contributed by atoms with Gasteiger partial charge in [-0.3, -0.25) is 0 Å². The molecule has 1 aromatic rings. The van der Waals surface area contributed by atoms with E-state index in [0.717, 1.165) is 25.7 Å². The molecule has 3 N–H and O–H groups in total. The highest BCUT2D eigenvalue weighted by molar-refractivity contribution is 7.88. The third-order valence-corrected chi connectivity index (χ3v) is 4.79. The molecule has 0 aliphatic heterocycles. The molecule has 0 atom stereocenters. The Morgan fingerprint density at radius 3 is 2.32 bits per heavy atom. The van der Waals surface area contributed by atoms with Crippen molar-refractivity contribution in [2.24, 2.45) is 5.73 Å². The smallest absolute Gasteiger partial charge is 0.216 e. The molecule has 1 aromatic carbocycles. The van der Waals surface area contributed by atoms with Crippen molar-refractivity contribution in [3.8, 4) is 0 Å². The van der Waals surface area contributed by atoms with Gasteiger partial charge < -0.3 is 5.73 Å². The summed E-state index contributed by atoms with van der Waals surface area (Å²) in [5, 5.41) is 0. The number of nitrogens with two attached hydrogens (primary N) is 1. The van der Waals surface area contributed by atoms with Crippen LogP contribution in [0.5, 0.6) is 0 Å². The Labute approximate surface area is 113 Å². The number of rotatable bonds is 4. The van der Waals surface area contributed by atoms with Crippen LogP contribution in [-0.2, 0) is 15.8 Å². The van der Waals surface area contributed by atoms with Gasteiger partial charge in [0.15, 0.2) is 0 Å². The lowest BCUT2D eigenvalue weighted by Crippen LogP contribution is -2.40. The van der Waals surface area contributed by atoms with Gasteiger partial charge in [-0.05, 0) is 43.4 Å². The van der Waals surface area contributed by atoms with Crippen molar-refractivity contribution in [1.29, 1.82) is 0 Å². The zero-order valence-corrected chi connectivity index (χ0v) is 11.5. The fraction of sp³-hybridized carbons (Fsp3) is 0.538. The summed E-state index contributed by atoms with van der Waals surface area (Å²) in [5.74, 6) is -0.481. The first-order chi connectivity index (χ1) is 8.94. The maximum absolute atomic E-state index is 12.8. The minimum Gasteiger partial charge on any atom is -0.328 e. The van der Waals surface area contributed by atoms with Crippen LogP contribution in [0.25, 0.3) is 0 Å². The number of hydrogen-bond donors (Lipinski definition) is 2. The average molecular weight is 286 g/mol. The second kappa shape index (κ2) is 5.98. The van der Waals surface area contributed by atoms with Crippen molar-refractivity contribution in [3.63, 3.8) is 0 Å². The van der Waals surface area contributed by atoms with Crippen molar-refractivity contribution < 1.29 is 12.8 Å². The van der Waals surface area contributed by atoms with Crippen LogP contribution in [0.1, 0.15) is 31.2 Å². The first kappa shape index (κ1) is 14.4. The van der Waals surface area contributed by atoms with Gasteiger partial charge in [-0.2, -0.15) is 0 Å². The SMILES string of the molecule is NC1CCC(NS(=O)(=O)Cc2ccc(F)cc2)CC1. The van der Waals surface area contributed by atoms with Gasteiger partial charge in [-0.25, -0.2) is 17.5 Å².